The largest absolute Gasteiger partial charge is 0.349 e. The molecule has 1 saturated heterocycles. The fourth-order valence-corrected chi connectivity index (χ4v) is 3.47. The van der Waals surface area contributed by atoms with E-state index in [9.17, 15) is 4.79 Å². The first-order chi connectivity index (χ1) is 10.8. The summed E-state index contributed by atoms with van der Waals surface area (Å²) in [4.78, 5) is 14.8. The van der Waals surface area contributed by atoms with Crippen LogP contribution in [0, 0.1) is 0 Å². The minimum absolute atomic E-state index is 0.0324. The molecule has 1 N–H and O–H groups in total. The molecule has 2 aromatic heterocycles. The van der Waals surface area contributed by atoms with Crippen molar-refractivity contribution in [3.05, 3.63) is 28.6 Å². The first-order valence-electron chi connectivity index (χ1n) is 7.89. The highest BCUT2D eigenvalue weighted by molar-refractivity contribution is 7.08. The molecule has 1 aliphatic rings. The minimum Gasteiger partial charge on any atom is -0.349 e. The predicted octanol–water partition coefficient (Wildman–Crippen LogP) is 2.46. The van der Waals surface area contributed by atoms with E-state index in [0.29, 0.717) is 18.8 Å². The molecule has 1 amide bonds. The van der Waals surface area contributed by atoms with Gasteiger partial charge in [0.2, 0.25) is 0 Å². The Morgan fingerprint density at radius 1 is 1.41 bits per heavy atom. The molecule has 5 nitrogen and oxygen atoms in total. The van der Waals surface area contributed by atoms with Crippen LogP contribution in [0.4, 0.5) is 0 Å². The molecular formula is C16H22N4OS. The maximum Gasteiger partial charge on any atom is 0.269 e. The Morgan fingerprint density at radius 2 is 2.23 bits per heavy atom. The number of rotatable bonds is 6. The Bertz CT molecular complexity index is 614. The summed E-state index contributed by atoms with van der Waals surface area (Å²) in [5.74, 6) is -0.0324. The van der Waals surface area contributed by atoms with Crippen LogP contribution in [0.1, 0.15) is 30.3 Å². The lowest BCUT2D eigenvalue weighted by Crippen LogP contribution is -2.34. The fraction of sp³-hybridized carbons (Fsp3) is 0.500. The molecule has 0 aliphatic carbocycles. The van der Waals surface area contributed by atoms with Gasteiger partial charge in [0.15, 0.2) is 0 Å². The Hall–Kier alpha value is -1.66. The van der Waals surface area contributed by atoms with Gasteiger partial charge >= 0.3 is 0 Å². The van der Waals surface area contributed by atoms with Gasteiger partial charge in [-0.2, -0.15) is 16.4 Å². The van der Waals surface area contributed by atoms with E-state index in [1.165, 1.54) is 12.8 Å². The van der Waals surface area contributed by atoms with Crippen LogP contribution in [-0.4, -0.2) is 46.8 Å². The van der Waals surface area contributed by atoms with Crippen molar-refractivity contribution in [1.29, 1.82) is 0 Å². The third-order valence-corrected chi connectivity index (χ3v) is 4.72. The number of likely N-dealkylation sites (tertiary alicyclic amines) is 1. The number of hydrogen-bond donors (Lipinski definition) is 1. The van der Waals surface area contributed by atoms with Gasteiger partial charge in [0.25, 0.3) is 5.91 Å². The molecule has 0 radical (unpaired) electrons. The molecule has 0 atom stereocenters. The van der Waals surface area contributed by atoms with Gasteiger partial charge in [-0.3, -0.25) is 9.48 Å². The minimum atomic E-state index is -0.0324. The van der Waals surface area contributed by atoms with Gasteiger partial charge in [0, 0.05) is 30.6 Å². The second kappa shape index (κ2) is 7.07. The number of nitrogens with one attached hydrogen (secondary N) is 1. The number of amides is 1. The SMILES string of the molecule is CCn1nc(-c2ccsc2)cc1C(=O)NCCN1CCCC1. The summed E-state index contributed by atoms with van der Waals surface area (Å²) in [7, 11) is 0. The summed E-state index contributed by atoms with van der Waals surface area (Å²) >= 11 is 1.64. The molecule has 0 unspecified atom stereocenters. The Labute approximate surface area is 134 Å². The number of hydrogen-bond acceptors (Lipinski definition) is 4. The summed E-state index contributed by atoms with van der Waals surface area (Å²) in [6.45, 7) is 6.64. The monoisotopic (exact) mass is 318 g/mol. The molecule has 1 aliphatic heterocycles. The number of carbonyl (C=O) groups is 1. The van der Waals surface area contributed by atoms with Gasteiger partial charge in [-0.25, -0.2) is 0 Å². The molecular weight excluding hydrogens is 296 g/mol. The van der Waals surface area contributed by atoms with Crippen LogP contribution in [0.15, 0.2) is 22.9 Å². The van der Waals surface area contributed by atoms with Gasteiger partial charge < -0.3 is 10.2 Å². The molecule has 0 saturated carbocycles. The second-order valence-electron chi connectivity index (χ2n) is 5.55. The smallest absolute Gasteiger partial charge is 0.269 e. The van der Waals surface area contributed by atoms with E-state index in [-0.39, 0.29) is 5.91 Å². The van der Waals surface area contributed by atoms with E-state index >= 15 is 0 Å². The van der Waals surface area contributed by atoms with Crippen LogP contribution < -0.4 is 5.32 Å². The number of aromatic nitrogens is 2. The predicted molar refractivity (Wildman–Crippen MR) is 89.2 cm³/mol. The molecule has 0 aromatic carbocycles. The highest BCUT2D eigenvalue weighted by atomic mass is 32.1. The maximum absolute atomic E-state index is 12.4. The van der Waals surface area contributed by atoms with E-state index < -0.39 is 0 Å². The zero-order valence-corrected chi connectivity index (χ0v) is 13.7. The van der Waals surface area contributed by atoms with Crippen molar-refractivity contribution < 1.29 is 4.79 Å². The number of nitrogens with zero attached hydrogens (tertiary/aromatic N) is 3. The highest BCUT2D eigenvalue weighted by Gasteiger charge is 2.16. The normalized spacial score (nSPS) is 15.3. The maximum atomic E-state index is 12.4. The summed E-state index contributed by atoms with van der Waals surface area (Å²) in [5.41, 5.74) is 2.58. The topological polar surface area (TPSA) is 50.2 Å². The molecule has 22 heavy (non-hydrogen) atoms. The Kier molecular flexibility index (Phi) is 4.90. The zero-order valence-electron chi connectivity index (χ0n) is 12.9. The highest BCUT2D eigenvalue weighted by Crippen LogP contribution is 2.21. The Balaban J connectivity index is 1.63. The van der Waals surface area contributed by atoms with E-state index in [1.54, 1.807) is 16.0 Å². The molecule has 118 valence electrons. The average Bonchev–Trinajstić information content (AvgIpc) is 3.26. The molecule has 0 spiro atoms. The summed E-state index contributed by atoms with van der Waals surface area (Å²) < 4.78 is 1.78. The summed E-state index contributed by atoms with van der Waals surface area (Å²) in [5, 5.41) is 11.6. The van der Waals surface area contributed by atoms with E-state index in [2.05, 4.69) is 20.7 Å². The molecule has 0 bridgehead atoms. The average molecular weight is 318 g/mol. The first kappa shape index (κ1) is 15.2. The van der Waals surface area contributed by atoms with Gasteiger partial charge in [0.1, 0.15) is 5.69 Å². The first-order valence-corrected chi connectivity index (χ1v) is 8.83. The lowest BCUT2D eigenvalue weighted by molar-refractivity contribution is 0.0939. The van der Waals surface area contributed by atoms with Crippen molar-refractivity contribution in [3.8, 4) is 11.3 Å². The van der Waals surface area contributed by atoms with Crippen molar-refractivity contribution in [2.24, 2.45) is 0 Å². The third-order valence-electron chi connectivity index (χ3n) is 4.04. The molecule has 6 heteroatoms. The van der Waals surface area contributed by atoms with Gasteiger partial charge in [-0.05, 0) is 50.4 Å². The van der Waals surface area contributed by atoms with Crippen LogP contribution in [0.3, 0.4) is 0 Å². The fourth-order valence-electron chi connectivity index (χ4n) is 2.82. The van der Waals surface area contributed by atoms with E-state index in [4.69, 9.17) is 0 Å². The van der Waals surface area contributed by atoms with Gasteiger partial charge in [-0.15, -0.1) is 0 Å². The molecule has 3 rings (SSSR count). The molecule has 2 aromatic rings. The van der Waals surface area contributed by atoms with Crippen LogP contribution in [0.2, 0.25) is 0 Å². The quantitative estimate of drug-likeness (QED) is 0.890. The lowest BCUT2D eigenvalue weighted by atomic mass is 10.2. The summed E-state index contributed by atoms with van der Waals surface area (Å²) in [6.07, 6.45) is 2.56. The summed E-state index contributed by atoms with van der Waals surface area (Å²) in [6, 6.07) is 3.92. The van der Waals surface area contributed by atoms with Gasteiger partial charge in [0.05, 0.1) is 5.69 Å². The van der Waals surface area contributed by atoms with Crippen molar-refractivity contribution in [2.45, 2.75) is 26.3 Å². The van der Waals surface area contributed by atoms with Crippen molar-refractivity contribution in [1.82, 2.24) is 20.0 Å². The van der Waals surface area contributed by atoms with Crippen LogP contribution >= 0.6 is 11.3 Å². The number of carbonyl (C=O) groups excluding carboxylic acids is 1. The number of aryl methyl sites for hydroxylation is 1. The van der Waals surface area contributed by atoms with Crippen LogP contribution in [0.5, 0.6) is 0 Å². The van der Waals surface area contributed by atoms with Crippen LogP contribution in [0.25, 0.3) is 11.3 Å². The van der Waals surface area contributed by atoms with Crippen LogP contribution in [-0.2, 0) is 6.54 Å². The van der Waals surface area contributed by atoms with Crippen molar-refractivity contribution in [3.63, 3.8) is 0 Å². The third kappa shape index (κ3) is 3.39. The molecule has 3 heterocycles. The number of thiophene rings is 1. The molecule has 1 fully saturated rings. The van der Waals surface area contributed by atoms with Crippen molar-refractivity contribution in [2.75, 3.05) is 26.2 Å². The second-order valence-corrected chi connectivity index (χ2v) is 6.33. The lowest BCUT2D eigenvalue weighted by Gasteiger charge is -2.14. The zero-order chi connectivity index (χ0) is 15.4. The van der Waals surface area contributed by atoms with E-state index in [1.807, 2.05) is 24.4 Å². The Morgan fingerprint density at radius 3 is 2.91 bits per heavy atom. The van der Waals surface area contributed by atoms with Crippen molar-refractivity contribution >= 4 is 17.2 Å². The van der Waals surface area contributed by atoms with Gasteiger partial charge in [-0.1, -0.05) is 0 Å². The van der Waals surface area contributed by atoms with E-state index in [0.717, 1.165) is 30.9 Å². The standard InChI is InChI=1S/C16H22N4OS/c1-2-20-15(11-14(18-20)13-5-10-22-12-13)16(21)17-6-9-19-7-3-4-8-19/h5,10-12H,2-4,6-9H2,1H3,(H,17,21).